The molecule has 0 N–H and O–H groups in total. The molecule has 0 saturated heterocycles. The van der Waals surface area contributed by atoms with Gasteiger partial charge >= 0.3 is 5.69 Å². The summed E-state index contributed by atoms with van der Waals surface area (Å²) in [5.41, 5.74) is 1.39. The Balaban J connectivity index is 1.41. The molecule has 6 rings (SSSR count). The van der Waals surface area contributed by atoms with Crippen molar-refractivity contribution in [1.29, 1.82) is 5.26 Å². The molecule has 0 atom stereocenters. The van der Waals surface area contributed by atoms with Gasteiger partial charge in [0.25, 0.3) is 5.56 Å². The zero-order valence-corrected chi connectivity index (χ0v) is 22.4. The van der Waals surface area contributed by atoms with Crippen molar-refractivity contribution >= 4 is 45.4 Å². The maximum atomic E-state index is 13.5. The lowest BCUT2D eigenvalue weighted by atomic mass is 10.1. The fourth-order valence-corrected chi connectivity index (χ4v) is 4.74. The number of nitrogens with zero attached hydrogens (tertiary/aromatic N) is 5. The number of nitro groups is 1. The lowest BCUT2D eigenvalue weighted by Crippen LogP contribution is -2.20. The van der Waals surface area contributed by atoms with Crippen molar-refractivity contribution in [3.63, 3.8) is 0 Å². The van der Waals surface area contributed by atoms with Gasteiger partial charge in [-0.25, -0.2) is 4.98 Å². The van der Waals surface area contributed by atoms with Gasteiger partial charge in [0.05, 0.1) is 38.7 Å². The number of para-hydroxylation sites is 2. The van der Waals surface area contributed by atoms with E-state index in [1.54, 1.807) is 60.7 Å². The van der Waals surface area contributed by atoms with Crippen LogP contribution in [0.4, 0.5) is 5.69 Å². The van der Waals surface area contributed by atoms with E-state index in [0.29, 0.717) is 33.4 Å². The highest BCUT2D eigenvalue weighted by Gasteiger charge is 2.22. The van der Waals surface area contributed by atoms with E-state index in [2.05, 4.69) is 16.2 Å². The van der Waals surface area contributed by atoms with Gasteiger partial charge in [0.2, 0.25) is 11.6 Å². The Bertz CT molecular complexity index is 2110. The summed E-state index contributed by atoms with van der Waals surface area (Å²) < 4.78 is 12.8. The van der Waals surface area contributed by atoms with E-state index < -0.39 is 16.2 Å². The van der Waals surface area contributed by atoms with E-state index in [9.17, 15) is 20.2 Å². The molecule has 2 heterocycles. The van der Waals surface area contributed by atoms with Crippen LogP contribution < -0.4 is 10.3 Å². The number of nitriles is 1. The second kappa shape index (κ2) is 11.0. The van der Waals surface area contributed by atoms with Crippen LogP contribution in [0.25, 0.3) is 33.5 Å². The number of aromatic nitrogens is 2. The average molecular weight is 576 g/mol. The Labute approximate surface area is 242 Å². The van der Waals surface area contributed by atoms with Crippen molar-refractivity contribution in [3.8, 4) is 23.4 Å². The van der Waals surface area contributed by atoms with E-state index >= 15 is 0 Å². The summed E-state index contributed by atoms with van der Waals surface area (Å²) in [5, 5.41) is 26.7. The Morgan fingerprint density at radius 1 is 1.07 bits per heavy atom. The molecule has 0 fully saturated rings. The largest absolute Gasteiger partial charge is 0.481 e. The van der Waals surface area contributed by atoms with Crippen LogP contribution in [-0.4, -0.2) is 20.8 Å². The zero-order valence-electron chi connectivity index (χ0n) is 21.6. The summed E-state index contributed by atoms with van der Waals surface area (Å²) in [7, 11) is 0. The second-order valence-electron chi connectivity index (χ2n) is 9.13. The number of fused-ring (bicyclic) bond motifs is 2. The Morgan fingerprint density at radius 3 is 2.64 bits per heavy atom. The molecule has 0 aliphatic carbocycles. The number of furan rings is 1. The molecule has 0 radical (unpaired) electrons. The van der Waals surface area contributed by atoms with Crippen LogP contribution in [0, 0.1) is 21.4 Å². The molecule has 0 amide bonds. The van der Waals surface area contributed by atoms with Gasteiger partial charge < -0.3 is 9.15 Å². The highest BCUT2D eigenvalue weighted by molar-refractivity contribution is 6.32. The average Bonchev–Trinajstić information content (AvgIpc) is 3.44. The summed E-state index contributed by atoms with van der Waals surface area (Å²) in [6.07, 6.45) is 1.28. The van der Waals surface area contributed by atoms with Crippen LogP contribution >= 0.6 is 11.6 Å². The third kappa shape index (κ3) is 4.96. The van der Waals surface area contributed by atoms with Gasteiger partial charge in [-0.15, -0.1) is 0 Å². The van der Waals surface area contributed by atoms with Crippen LogP contribution in [0.3, 0.4) is 0 Å². The number of nitro benzene ring substituents is 1. The Morgan fingerprint density at radius 2 is 1.83 bits per heavy atom. The van der Waals surface area contributed by atoms with Crippen molar-refractivity contribution in [3.05, 3.63) is 133 Å². The van der Waals surface area contributed by atoms with Crippen LogP contribution in [-0.2, 0) is 6.61 Å². The van der Waals surface area contributed by atoms with Gasteiger partial charge in [0.1, 0.15) is 12.2 Å². The first-order chi connectivity index (χ1) is 20.4. The van der Waals surface area contributed by atoms with Crippen LogP contribution in [0.15, 0.2) is 105 Å². The number of benzene rings is 4. The summed E-state index contributed by atoms with van der Waals surface area (Å²) in [4.78, 5) is 29.5. The smallest absolute Gasteiger partial charge is 0.313 e. The number of halogens is 1. The quantitative estimate of drug-likeness (QED) is 0.117. The molecular formula is C31H18ClN5O5. The third-order valence-electron chi connectivity index (χ3n) is 6.47. The highest BCUT2D eigenvalue weighted by Crippen LogP contribution is 2.36. The molecule has 0 unspecified atom stereocenters. The van der Waals surface area contributed by atoms with Gasteiger partial charge in [-0.1, -0.05) is 60.1 Å². The van der Waals surface area contributed by atoms with E-state index in [0.717, 1.165) is 10.1 Å². The summed E-state index contributed by atoms with van der Waals surface area (Å²) >= 11 is 6.43. The van der Waals surface area contributed by atoms with E-state index in [1.165, 1.54) is 18.3 Å². The topological polar surface area (TPSA) is 137 Å². The predicted octanol–water partition coefficient (Wildman–Crippen LogP) is 6.70. The normalized spacial score (nSPS) is 11.2. The number of ether oxygens (including phenoxy) is 1. The molecule has 2 aromatic heterocycles. The molecule has 0 spiro atoms. The molecule has 10 nitrogen and oxygen atoms in total. The molecule has 0 aliphatic heterocycles. The first-order valence-electron chi connectivity index (χ1n) is 12.6. The SMILES string of the molecule is N#Cc1ccccc1COc1c(Cl)cc(C=Nn2c(-c3cc4ccccc4o3)nc3ccccc3c2=O)cc1[N+](=O)[O-]. The first-order valence-corrected chi connectivity index (χ1v) is 12.9. The molecule has 0 saturated carbocycles. The number of hydrogen-bond donors (Lipinski definition) is 0. The maximum Gasteiger partial charge on any atom is 0.313 e. The molecule has 42 heavy (non-hydrogen) atoms. The van der Waals surface area contributed by atoms with Gasteiger partial charge in [-0.05, 0) is 36.4 Å². The summed E-state index contributed by atoms with van der Waals surface area (Å²) in [5.74, 6) is 0.323. The molecule has 0 aliphatic rings. The summed E-state index contributed by atoms with van der Waals surface area (Å²) in [6, 6.07) is 27.5. The molecule has 6 aromatic rings. The molecule has 4 aromatic carbocycles. The standard InChI is InChI=1S/C31H18ClN5O5/c32-24-13-19(14-26(37(39)40)29(24)41-18-22-9-2-1-8-21(22)16-33)17-34-36-30(28-15-20-7-3-6-12-27(20)42-28)35-25-11-5-4-10-23(25)31(36)38/h1-15,17H,18H2. The Hall–Kier alpha value is -5.79. The van der Waals surface area contributed by atoms with E-state index in [4.69, 9.17) is 20.8 Å². The molecule has 11 heteroatoms. The van der Waals surface area contributed by atoms with Crippen molar-refractivity contribution in [1.82, 2.24) is 9.66 Å². The second-order valence-corrected chi connectivity index (χ2v) is 9.54. The maximum absolute atomic E-state index is 13.5. The molecule has 0 bridgehead atoms. The Kier molecular flexibility index (Phi) is 6.92. The van der Waals surface area contributed by atoms with E-state index in [-0.39, 0.29) is 28.8 Å². The van der Waals surface area contributed by atoms with Crippen LogP contribution in [0.2, 0.25) is 5.02 Å². The predicted molar refractivity (Wildman–Crippen MR) is 158 cm³/mol. The van der Waals surface area contributed by atoms with Crippen molar-refractivity contribution in [2.45, 2.75) is 6.61 Å². The van der Waals surface area contributed by atoms with Crippen molar-refractivity contribution in [2.75, 3.05) is 0 Å². The first kappa shape index (κ1) is 26.4. The highest BCUT2D eigenvalue weighted by atomic mass is 35.5. The minimum absolute atomic E-state index is 0.0402. The zero-order chi connectivity index (χ0) is 29.2. The fraction of sp³-hybridized carbons (Fsp3) is 0.0323. The minimum atomic E-state index is -0.627. The summed E-state index contributed by atoms with van der Waals surface area (Å²) in [6.45, 7) is -0.100. The lowest BCUT2D eigenvalue weighted by Gasteiger charge is -2.11. The van der Waals surface area contributed by atoms with Gasteiger partial charge in [-0.2, -0.15) is 15.0 Å². The monoisotopic (exact) mass is 575 g/mol. The van der Waals surface area contributed by atoms with Gasteiger partial charge in [-0.3, -0.25) is 14.9 Å². The van der Waals surface area contributed by atoms with E-state index in [1.807, 2.05) is 18.2 Å². The molecule has 204 valence electrons. The number of rotatable bonds is 7. The van der Waals surface area contributed by atoms with Gasteiger partial charge in [0.15, 0.2) is 5.76 Å². The van der Waals surface area contributed by atoms with Crippen LogP contribution in [0.1, 0.15) is 16.7 Å². The van der Waals surface area contributed by atoms with Crippen molar-refractivity contribution in [2.24, 2.45) is 5.10 Å². The van der Waals surface area contributed by atoms with Gasteiger partial charge in [0, 0.05) is 22.6 Å². The minimum Gasteiger partial charge on any atom is -0.481 e. The fourth-order valence-electron chi connectivity index (χ4n) is 4.46. The number of hydrogen-bond acceptors (Lipinski definition) is 8. The van der Waals surface area contributed by atoms with Crippen molar-refractivity contribution < 1.29 is 14.1 Å². The molecular weight excluding hydrogens is 558 g/mol. The van der Waals surface area contributed by atoms with Crippen LogP contribution in [0.5, 0.6) is 5.75 Å². The third-order valence-corrected chi connectivity index (χ3v) is 6.76. The lowest BCUT2D eigenvalue weighted by molar-refractivity contribution is -0.385.